The van der Waals surface area contributed by atoms with Gasteiger partial charge in [0.05, 0.1) is 12.9 Å². The Morgan fingerprint density at radius 3 is 2.54 bits per heavy atom. The summed E-state index contributed by atoms with van der Waals surface area (Å²) in [6.45, 7) is 7.05. The Balaban J connectivity index is 1.89. The largest absolute Gasteiger partial charge is 0.493 e. The van der Waals surface area contributed by atoms with E-state index < -0.39 is 9.84 Å². The number of carbonyl (C=O) groups is 1. The maximum atomic E-state index is 12.4. The van der Waals surface area contributed by atoms with Gasteiger partial charge in [-0.1, -0.05) is 18.7 Å². The molecule has 154 valence electrons. The molecule has 0 bridgehead atoms. The average Bonchev–Trinajstić information content (AvgIpc) is 2.69. The first-order valence-corrected chi connectivity index (χ1v) is 11.2. The van der Waals surface area contributed by atoms with Crippen molar-refractivity contribution in [3.8, 4) is 11.5 Å². The Kier molecular flexibility index (Phi) is 8.07. The van der Waals surface area contributed by atoms with Gasteiger partial charge in [0.25, 0.3) is 0 Å². The SMILES string of the molecule is C=CCOc1ccc(/C=C/C(=O)N2CCN(CCS(C)(=O)=O)CC2)cc1OC. The number of ether oxygens (including phenoxy) is 2. The normalized spacial score (nSPS) is 15.6. The lowest BCUT2D eigenvalue weighted by atomic mass is 10.2. The molecule has 1 heterocycles. The predicted octanol–water partition coefficient (Wildman–Crippen LogP) is 1.46. The van der Waals surface area contributed by atoms with E-state index in [1.54, 1.807) is 36.3 Å². The van der Waals surface area contributed by atoms with Crippen LogP contribution in [0.3, 0.4) is 0 Å². The van der Waals surface area contributed by atoms with Crippen LogP contribution < -0.4 is 9.47 Å². The van der Waals surface area contributed by atoms with Crippen LogP contribution in [0.4, 0.5) is 0 Å². The van der Waals surface area contributed by atoms with Crippen LogP contribution in [-0.2, 0) is 14.6 Å². The van der Waals surface area contributed by atoms with Crippen LogP contribution in [0.15, 0.2) is 36.9 Å². The van der Waals surface area contributed by atoms with Gasteiger partial charge < -0.3 is 14.4 Å². The second-order valence-corrected chi connectivity index (χ2v) is 8.90. The number of sulfone groups is 1. The van der Waals surface area contributed by atoms with E-state index in [4.69, 9.17) is 9.47 Å². The Morgan fingerprint density at radius 1 is 1.21 bits per heavy atom. The summed E-state index contributed by atoms with van der Waals surface area (Å²) in [7, 11) is -1.40. The average molecular weight is 409 g/mol. The fourth-order valence-corrected chi connectivity index (χ4v) is 3.41. The second-order valence-electron chi connectivity index (χ2n) is 6.64. The molecule has 1 amide bonds. The first-order chi connectivity index (χ1) is 13.3. The summed E-state index contributed by atoms with van der Waals surface area (Å²) in [4.78, 5) is 16.3. The van der Waals surface area contributed by atoms with Crippen molar-refractivity contribution >= 4 is 21.8 Å². The molecule has 1 aromatic rings. The highest BCUT2D eigenvalue weighted by molar-refractivity contribution is 7.90. The molecular formula is C20H28N2O5S. The highest BCUT2D eigenvalue weighted by Gasteiger charge is 2.20. The summed E-state index contributed by atoms with van der Waals surface area (Å²) >= 11 is 0. The molecule has 1 fully saturated rings. The highest BCUT2D eigenvalue weighted by Crippen LogP contribution is 2.28. The molecule has 1 aliphatic rings. The van der Waals surface area contributed by atoms with E-state index in [9.17, 15) is 13.2 Å². The van der Waals surface area contributed by atoms with E-state index in [-0.39, 0.29) is 11.7 Å². The van der Waals surface area contributed by atoms with Crippen molar-refractivity contribution in [3.05, 3.63) is 42.5 Å². The minimum atomic E-state index is -2.96. The molecule has 0 radical (unpaired) electrons. The number of methoxy groups -OCH3 is 1. The molecule has 8 heteroatoms. The summed E-state index contributed by atoms with van der Waals surface area (Å²) in [6, 6.07) is 5.46. The molecule has 2 rings (SSSR count). The molecule has 0 aliphatic carbocycles. The van der Waals surface area contributed by atoms with Crippen LogP contribution in [-0.4, -0.2) is 82.6 Å². The van der Waals surface area contributed by atoms with Gasteiger partial charge in [-0.25, -0.2) is 8.42 Å². The van der Waals surface area contributed by atoms with Crippen LogP contribution in [0, 0.1) is 0 Å². The lowest BCUT2D eigenvalue weighted by molar-refractivity contribution is -0.127. The maximum Gasteiger partial charge on any atom is 0.246 e. The van der Waals surface area contributed by atoms with Gasteiger partial charge in [-0.15, -0.1) is 0 Å². The fraction of sp³-hybridized carbons (Fsp3) is 0.450. The number of hydrogen-bond acceptors (Lipinski definition) is 6. The Bertz CT molecular complexity index is 812. The smallest absolute Gasteiger partial charge is 0.246 e. The quantitative estimate of drug-likeness (QED) is 0.455. The van der Waals surface area contributed by atoms with Gasteiger partial charge in [-0.2, -0.15) is 0 Å². The van der Waals surface area contributed by atoms with Crippen molar-refractivity contribution in [2.45, 2.75) is 0 Å². The van der Waals surface area contributed by atoms with Gasteiger partial charge >= 0.3 is 0 Å². The molecule has 1 saturated heterocycles. The number of hydrogen-bond donors (Lipinski definition) is 0. The Hall–Kier alpha value is -2.32. The second kappa shape index (κ2) is 10.3. The van der Waals surface area contributed by atoms with Crippen LogP contribution in [0.2, 0.25) is 0 Å². The summed E-state index contributed by atoms with van der Waals surface area (Å²) < 4.78 is 33.4. The van der Waals surface area contributed by atoms with E-state index in [2.05, 4.69) is 11.5 Å². The number of piperazine rings is 1. The van der Waals surface area contributed by atoms with Crippen molar-refractivity contribution in [1.82, 2.24) is 9.80 Å². The zero-order chi connectivity index (χ0) is 20.6. The van der Waals surface area contributed by atoms with Crippen LogP contribution in [0.1, 0.15) is 5.56 Å². The van der Waals surface area contributed by atoms with Gasteiger partial charge in [0.15, 0.2) is 11.5 Å². The minimum absolute atomic E-state index is 0.0614. The third-order valence-electron chi connectivity index (χ3n) is 4.42. The number of rotatable bonds is 9. The van der Waals surface area contributed by atoms with E-state index >= 15 is 0 Å². The Morgan fingerprint density at radius 2 is 1.93 bits per heavy atom. The van der Waals surface area contributed by atoms with Crippen LogP contribution in [0.25, 0.3) is 6.08 Å². The van der Waals surface area contributed by atoms with Crippen LogP contribution >= 0.6 is 0 Å². The van der Waals surface area contributed by atoms with E-state index in [0.29, 0.717) is 50.8 Å². The molecule has 0 N–H and O–H groups in total. The molecule has 0 spiro atoms. The molecule has 1 aromatic carbocycles. The number of benzene rings is 1. The monoisotopic (exact) mass is 408 g/mol. The summed E-state index contributed by atoms with van der Waals surface area (Å²) in [6.07, 6.45) is 6.20. The molecule has 28 heavy (non-hydrogen) atoms. The van der Waals surface area contributed by atoms with Crippen molar-refractivity contribution in [1.29, 1.82) is 0 Å². The van der Waals surface area contributed by atoms with Crippen molar-refractivity contribution in [2.75, 3.05) is 58.4 Å². The molecular weight excluding hydrogens is 380 g/mol. The standard InChI is InChI=1S/C20H28N2O5S/c1-4-14-27-18-7-5-17(16-19(18)26-2)6-8-20(23)22-11-9-21(10-12-22)13-15-28(3,24)25/h4-8,16H,1,9-15H2,2-3H3/b8-6+. The maximum absolute atomic E-state index is 12.4. The van der Waals surface area contributed by atoms with Crippen molar-refractivity contribution in [3.63, 3.8) is 0 Å². The van der Waals surface area contributed by atoms with Crippen molar-refractivity contribution in [2.24, 2.45) is 0 Å². The lowest BCUT2D eigenvalue weighted by Gasteiger charge is -2.34. The molecule has 7 nitrogen and oxygen atoms in total. The van der Waals surface area contributed by atoms with Crippen molar-refractivity contribution < 1.29 is 22.7 Å². The fourth-order valence-electron chi connectivity index (χ4n) is 2.82. The summed E-state index contributed by atoms with van der Waals surface area (Å²) in [5, 5.41) is 0. The molecule has 0 atom stereocenters. The van der Waals surface area contributed by atoms with E-state index in [1.165, 1.54) is 6.26 Å². The molecule has 0 unspecified atom stereocenters. The van der Waals surface area contributed by atoms with Gasteiger partial charge in [0.1, 0.15) is 16.4 Å². The number of amides is 1. The third kappa shape index (κ3) is 7.01. The zero-order valence-electron chi connectivity index (χ0n) is 16.5. The van der Waals surface area contributed by atoms with Gasteiger partial charge in [0.2, 0.25) is 5.91 Å². The summed E-state index contributed by atoms with van der Waals surface area (Å²) in [5.74, 6) is 1.30. The molecule has 0 saturated carbocycles. The molecule has 0 aromatic heterocycles. The zero-order valence-corrected chi connectivity index (χ0v) is 17.3. The van der Waals surface area contributed by atoms with E-state index in [0.717, 1.165) is 5.56 Å². The molecule has 1 aliphatic heterocycles. The summed E-state index contributed by atoms with van der Waals surface area (Å²) in [5.41, 5.74) is 0.836. The van der Waals surface area contributed by atoms with Crippen LogP contribution in [0.5, 0.6) is 11.5 Å². The predicted molar refractivity (Wildman–Crippen MR) is 110 cm³/mol. The topological polar surface area (TPSA) is 76.2 Å². The number of nitrogens with zero attached hydrogens (tertiary/aromatic N) is 2. The highest BCUT2D eigenvalue weighted by atomic mass is 32.2. The first kappa shape index (κ1) is 22.0. The lowest BCUT2D eigenvalue weighted by Crippen LogP contribution is -2.49. The first-order valence-electron chi connectivity index (χ1n) is 9.11. The third-order valence-corrected chi connectivity index (χ3v) is 5.35. The Labute approximate surface area is 167 Å². The van der Waals surface area contributed by atoms with Gasteiger partial charge in [-0.3, -0.25) is 9.69 Å². The number of carbonyl (C=O) groups excluding carboxylic acids is 1. The van der Waals surface area contributed by atoms with Gasteiger partial charge in [-0.05, 0) is 23.8 Å². The van der Waals surface area contributed by atoms with Gasteiger partial charge in [0, 0.05) is 45.1 Å². The van der Waals surface area contributed by atoms with E-state index in [1.807, 2.05) is 12.1 Å². The minimum Gasteiger partial charge on any atom is -0.493 e.